The maximum atomic E-state index is 11.4. The minimum atomic E-state index is -0.953. The fraction of sp³-hybridized carbons (Fsp3) is 0.231. The zero-order valence-electron chi connectivity index (χ0n) is 10.6. The Hall–Kier alpha value is -2.01. The summed E-state index contributed by atoms with van der Waals surface area (Å²) in [5.74, 6) is -0.953. The quantitative estimate of drug-likeness (QED) is 0.903. The lowest BCUT2D eigenvalue weighted by Crippen LogP contribution is -2.20. The Morgan fingerprint density at radius 3 is 2.53 bits per heavy atom. The third kappa shape index (κ3) is 3.06. The molecular formula is C13H14ClN3O2. The summed E-state index contributed by atoms with van der Waals surface area (Å²) in [6.45, 7) is 1.79. The molecule has 0 saturated heterocycles. The normalized spacial score (nSPS) is 12.2. The molecule has 1 unspecified atom stereocenters. The van der Waals surface area contributed by atoms with Crippen molar-refractivity contribution in [2.75, 3.05) is 5.32 Å². The van der Waals surface area contributed by atoms with Crippen LogP contribution in [-0.4, -0.2) is 20.9 Å². The second-order valence-electron chi connectivity index (χ2n) is 4.27. The lowest BCUT2D eigenvalue weighted by atomic mass is 10.1. The van der Waals surface area contributed by atoms with E-state index in [1.54, 1.807) is 49.1 Å². The van der Waals surface area contributed by atoms with Crippen LogP contribution in [0, 0.1) is 6.92 Å². The van der Waals surface area contributed by atoms with Crippen molar-refractivity contribution >= 4 is 23.3 Å². The summed E-state index contributed by atoms with van der Waals surface area (Å²) in [5.41, 5.74) is 2.03. The zero-order valence-corrected chi connectivity index (χ0v) is 11.3. The van der Waals surface area contributed by atoms with Gasteiger partial charge in [-0.1, -0.05) is 11.6 Å². The van der Waals surface area contributed by atoms with Crippen LogP contribution in [0.1, 0.15) is 17.3 Å². The van der Waals surface area contributed by atoms with Crippen LogP contribution in [0.25, 0.3) is 0 Å². The SMILES string of the molecule is Cc1nn(C)cc1C(Nc1ccc(Cl)cc1)C(=O)O. The van der Waals surface area contributed by atoms with E-state index in [9.17, 15) is 9.90 Å². The van der Waals surface area contributed by atoms with Crippen molar-refractivity contribution < 1.29 is 9.90 Å². The zero-order chi connectivity index (χ0) is 14.0. The number of carboxylic acid groups (broad SMARTS) is 1. The van der Waals surface area contributed by atoms with Gasteiger partial charge >= 0.3 is 5.97 Å². The van der Waals surface area contributed by atoms with Crippen LogP contribution in [0.5, 0.6) is 0 Å². The highest BCUT2D eigenvalue weighted by atomic mass is 35.5. The molecule has 0 amide bonds. The Bertz CT molecular complexity index is 592. The molecule has 2 N–H and O–H groups in total. The predicted molar refractivity (Wildman–Crippen MR) is 73.4 cm³/mol. The van der Waals surface area contributed by atoms with E-state index >= 15 is 0 Å². The van der Waals surface area contributed by atoms with Gasteiger partial charge in [0.05, 0.1) is 5.69 Å². The summed E-state index contributed by atoms with van der Waals surface area (Å²) in [7, 11) is 1.76. The Morgan fingerprint density at radius 2 is 2.05 bits per heavy atom. The Balaban J connectivity index is 2.29. The Labute approximate surface area is 115 Å². The lowest BCUT2D eigenvalue weighted by molar-refractivity contribution is -0.138. The first-order chi connectivity index (χ1) is 8.97. The van der Waals surface area contributed by atoms with Gasteiger partial charge in [-0.2, -0.15) is 5.10 Å². The number of carbonyl (C=O) groups is 1. The third-order valence-electron chi connectivity index (χ3n) is 2.76. The molecule has 100 valence electrons. The predicted octanol–water partition coefficient (Wildman–Crippen LogP) is 2.62. The average Bonchev–Trinajstić information content (AvgIpc) is 2.67. The second-order valence-corrected chi connectivity index (χ2v) is 4.70. The molecule has 0 aliphatic heterocycles. The maximum absolute atomic E-state index is 11.4. The van der Waals surface area contributed by atoms with Crippen molar-refractivity contribution in [1.29, 1.82) is 0 Å². The molecule has 0 radical (unpaired) electrons. The van der Waals surface area contributed by atoms with E-state index in [2.05, 4.69) is 10.4 Å². The first-order valence-corrected chi connectivity index (χ1v) is 6.10. The minimum Gasteiger partial charge on any atom is -0.479 e. The van der Waals surface area contributed by atoms with Crippen LogP contribution in [0.4, 0.5) is 5.69 Å². The Morgan fingerprint density at radius 1 is 1.42 bits per heavy atom. The third-order valence-corrected chi connectivity index (χ3v) is 3.02. The fourth-order valence-electron chi connectivity index (χ4n) is 1.89. The molecule has 0 spiro atoms. The lowest BCUT2D eigenvalue weighted by Gasteiger charge is -2.15. The summed E-state index contributed by atoms with van der Waals surface area (Å²) < 4.78 is 1.60. The van der Waals surface area contributed by atoms with Gasteiger partial charge in [-0.05, 0) is 31.2 Å². The standard InChI is InChI=1S/C13H14ClN3O2/c1-8-11(7-17(2)16-8)12(13(18)19)15-10-5-3-9(14)4-6-10/h3-7,12,15H,1-2H3,(H,18,19). The number of carboxylic acids is 1. The van der Waals surface area contributed by atoms with Gasteiger partial charge in [0.2, 0.25) is 0 Å². The molecular weight excluding hydrogens is 266 g/mol. The summed E-state index contributed by atoms with van der Waals surface area (Å²) >= 11 is 5.80. The van der Waals surface area contributed by atoms with Gasteiger partial charge in [-0.3, -0.25) is 4.68 Å². The molecule has 0 saturated carbocycles. The van der Waals surface area contributed by atoms with Crippen molar-refractivity contribution in [3.05, 3.63) is 46.7 Å². The molecule has 1 aromatic carbocycles. The number of nitrogens with one attached hydrogen (secondary N) is 1. The number of hydrogen-bond acceptors (Lipinski definition) is 3. The van der Waals surface area contributed by atoms with Gasteiger partial charge in [-0.25, -0.2) is 4.79 Å². The van der Waals surface area contributed by atoms with Crippen molar-refractivity contribution in [2.24, 2.45) is 7.05 Å². The number of hydrogen-bond donors (Lipinski definition) is 2. The maximum Gasteiger partial charge on any atom is 0.330 e. The van der Waals surface area contributed by atoms with Crippen LogP contribution in [-0.2, 0) is 11.8 Å². The average molecular weight is 280 g/mol. The Kier molecular flexibility index (Phi) is 3.76. The van der Waals surface area contributed by atoms with Crippen molar-refractivity contribution in [3.63, 3.8) is 0 Å². The number of nitrogens with zero attached hydrogens (tertiary/aromatic N) is 2. The topological polar surface area (TPSA) is 67.2 Å². The van der Waals surface area contributed by atoms with Crippen LogP contribution < -0.4 is 5.32 Å². The first-order valence-electron chi connectivity index (χ1n) is 5.72. The van der Waals surface area contributed by atoms with Gasteiger partial charge in [-0.15, -0.1) is 0 Å². The van der Waals surface area contributed by atoms with Gasteiger partial charge < -0.3 is 10.4 Å². The van der Waals surface area contributed by atoms with E-state index in [-0.39, 0.29) is 0 Å². The highest BCUT2D eigenvalue weighted by Crippen LogP contribution is 2.23. The number of aryl methyl sites for hydroxylation is 2. The van der Waals surface area contributed by atoms with Gasteiger partial charge in [0.15, 0.2) is 6.04 Å². The molecule has 1 aromatic heterocycles. The summed E-state index contributed by atoms with van der Waals surface area (Å²) in [6, 6.07) is 6.06. The number of rotatable bonds is 4. The molecule has 0 bridgehead atoms. The minimum absolute atomic E-state index is 0.606. The molecule has 1 atom stereocenters. The van der Waals surface area contributed by atoms with E-state index in [1.165, 1.54) is 0 Å². The second kappa shape index (κ2) is 5.32. The number of anilines is 1. The highest BCUT2D eigenvalue weighted by Gasteiger charge is 2.23. The van der Waals surface area contributed by atoms with Crippen LogP contribution in [0.2, 0.25) is 5.02 Å². The van der Waals surface area contributed by atoms with E-state index in [0.29, 0.717) is 22.0 Å². The van der Waals surface area contributed by atoms with E-state index in [0.717, 1.165) is 0 Å². The fourth-order valence-corrected chi connectivity index (χ4v) is 2.01. The monoisotopic (exact) mass is 279 g/mol. The number of aliphatic carboxylic acids is 1. The van der Waals surface area contributed by atoms with E-state index in [4.69, 9.17) is 11.6 Å². The highest BCUT2D eigenvalue weighted by molar-refractivity contribution is 6.30. The van der Waals surface area contributed by atoms with Crippen molar-refractivity contribution in [2.45, 2.75) is 13.0 Å². The van der Waals surface area contributed by atoms with E-state index < -0.39 is 12.0 Å². The smallest absolute Gasteiger partial charge is 0.330 e. The van der Waals surface area contributed by atoms with Crippen LogP contribution >= 0.6 is 11.6 Å². The molecule has 0 fully saturated rings. The molecule has 0 aliphatic carbocycles. The molecule has 5 nitrogen and oxygen atoms in total. The van der Waals surface area contributed by atoms with Gasteiger partial charge in [0.25, 0.3) is 0 Å². The summed E-state index contributed by atoms with van der Waals surface area (Å²) in [4.78, 5) is 11.4. The summed E-state index contributed by atoms with van der Waals surface area (Å²) in [6.07, 6.45) is 1.71. The molecule has 0 aliphatic rings. The number of aromatic nitrogens is 2. The summed E-state index contributed by atoms with van der Waals surface area (Å²) in [5, 5.41) is 17.1. The van der Waals surface area contributed by atoms with Crippen molar-refractivity contribution in [3.8, 4) is 0 Å². The molecule has 19 heavy (non-hydrogen) atoms. The number of halogens is 1. The first kappa shape index (κ1) is 13.4. The largest absolute Gasteiger partial charge is 0.479 e. The van der Waals surface area contributed by atoms with Crippen LogP contribution in [0.15, 0.2) is 30.5 Å². The van der Waals surface area contributed by atoms with E-state index in [1.807, 2.05) is 0 Å². The van der Waals surface area contributed by atoms with Gasteiger partial charge in [0.1, 0.15) is 0 Å². The van der Waals surface area contributed by atoms with Crippen LogP contribution in [0.3, 0.4) is 0 Å². The molecule has 2 aromatic rings. The van der Waals surface area contributed by atoms with Crippen molar-refractivity contribution in [1.82, 2.24) is 9.78 Å². The van der Waals surface area contributed by atoms with Gasteiger partial charge in [0, 0.05) is 29.5 Å². The molecule has 1 heterocycles. The molecule has 6 heteroatoms. The molecule has 2 rings (SSSR count). The number of benzene rings is 1.